The van der Waals surface area contributed by atoms with Crippen LogP contribution in [0.3, 0.4) is 0 Å². The van der Waals surface area contributed by atoms with Crippen molar-refractivity contribution >= 4 is 23.3 Å². The maximum absolute atomic E-state index is 13.2. The van der Waals surface area contributed by atoms with E-state index in [4.69, 9.17) is 4.74 Å². The van der Waals surface area contributed by atoms with Crippen molar-refractivity contribution in [3.63, 3.8) is 0 Å². The van der Waals surface area contributed by atoms with Crippen LogP contribution in [-0.2, 0) is 7.05 Å². The van der Waals surface area contributed by atoms with E-state index >= 15 is 0 Å². The lowest BCUT2D eigenvalue weighted by Gasteiger charge is -2.17. The average Bonchev–Trinajstić information content (AvgIpc) is 3.40. The Morgan fingerprint density at radius 2 is 2.00 bits per heavy atom. The number of hydrogen-bond donors (Lipinski definition) is 1. The summed E-state index contributed by atoms with van der Waals surface area (Å²) in [5, 5.41) is 16.2. The summed E-state index contributed by atoms with van der Waals surface area (Å²) in [5.74, 6) is 2.17. The van der Waals surface area contributed by atoms with Gasteiger partial charge in [0.25, 0.3) is 5.91 Å². The lowest BCUT2D eigenvalue weighted by atomic mass is 10.1. The fraction of sp³-hybridized carbons (Fsp3) is 0.273. The molecule has 160 valence electrons. The summed E-state index contributed by atoms with van der Waals surface area (Å²) in [6.45, 7) is 0. The lowest BCUT2D eigenvalue weighted by molar-refractivity contribution is 0.0924. The number of rotatable bonds is 8. The zero-order valence-electron chi connectivity index (χ0n) is 17.6. The summed E-state index contributed by atoms with van der Waals surface area (Å²) in [4.78, 5) is 13.2. The second kappa shape index (κ2) is 9.22. The Balaban J connectivity index is 1.59. The highest BCUT2D eigenvalue weighted by Gasteiger charge is 2.23. The van der Waals surface area contributed by atoms with E-state index in [1.54, 1.807) is 36.7 Å². The highest BCUT2D eigenvalue weighted by atomic mass is 32.2. The molecule has 1 N–H and O–H groups in total. The molecule has 0 unspecified atom stereocenters. The van der Waals surface area contributed by atoms with E-state index in [1.165, 1.54) is 0 Å². The number of benzene rings is 1. The smallest absolute Gasteiger partial charge is 0.270 e. The molecule has 0 spiro atoms. The van der Waals surface area contributed by atoms with Crippen LogP contribution in [0.5, 0.6) is 5.75 Å². The van der Waals surface area contributed by atoms with E-state index in [1.807, 2.05) is 59.3 Å². The zero-order chi connectivity index (χ0) is 21.8. The first kappa shape index (κ1) is 20.9. The van der Waals surface area contributed by atoms with E-state index in [2.05, 4.69) is 20.6 Å². The zero-order valence-corrected chi connectivity index (χ0v) is 18.5. The molecule has 0 aliphatic heterocycles. The highest BCUT2D eigenvalue weighted by Crippen LogP contribution is 2.23. The van der Waals surface area contributed by atoms with E-state index in [0.29, 0.717) is 5.69 Å². The van der Waals surface area contributed by atoms with Crippen LogP contribution in [0.1, 0.15) is 28.8 Å². The van der Waals surface area contributed by atoms with Crippen LogP contribution in [0.2, 0.25) is 0 Å². The fourth-order valence-corrected chi connectivity index (χ4v) is 3.89. The first-order valence-electron chi connectivity index (χ1n) is 9.88. The van der Waals surface area contributed by atoms with Gasteiger partial charge < -0.3 is 10.1 Å². The number of aryl methyl sites for hydroxylation is 1. The van der Waals surface area contributed by atoms with Gasteiger partial charge in [0, 0.05) is 18.8 Å². The number of carbonyl (C=O) groups excluding carboxylic acids is 1. The molecule has 4 aromatic rings. The summed E-state index contributed by atoms with van der Waals surface area (Å²) >= 11 is 1.73. The molecule has 0 bridgehead atoms. The number of carbonyl (C=O) groups is 1. The number of amides is 1. The number of nitrogens with zero attached hydrogens (tertiary/aromatic N) is 5. The number of aromatic nitrogens is 5. The van der Waals surface area contributed by atoms with Gasteiger partial charge in [0.15, 0.2) is 11.5 Å². The molecule has 3 aromatic heterocycles. The second-order valence-corrected chi connectivity index (χ2v) is 8.05. The van der Waals surface area contributed by atoms with Crippen molar-refractivity contribution in [3.8, 4) is 17.0 Å². The van der Waals surface area contributed by atoms with E-state index in [9.17, 15) is 4.79 Å². The Kier molecular flexibility index (Phi) is 6.22. The molecular formula is C22H24N6O2S. The molecule has 3 heterocycles. The Hall–Kier alpha value is -3.33. The first-order valence-corrected chi connectivity index (χ1v) is 11.3. The molecule has 8 nitrogen and oxygen atoms in total. The summed E-state index contributed by atoms with van der Waals surface area (Å²) in [6, 6.07) is 14.9. The maximum atomic E-state index is 13.2. The first-order chi connectivity index (χ1) is 15.1. The normalized spacial score (nSPS) is 12.1. The van der Waals surface area contributed by atoms with E-state index in [-0.39, 0.29) is 11.9 Å². The van der Waals surface area contributed by atoms with E-state index < -0.39 is 0 Å². The monoisotopic (exact) mass is 436 g/mol. The Morgan fingerprint density at radius 3 is 2.74 bits per heavy atom. The van der Waals surface area contributed by atoms with Crippen LogP contribution >= 0.6 is 11.8 Å². The molecule has 0 saturated carbocycles. The van der Waals surface area contributed by atoms with Gasteiger partial charge >= 0.3 is 0 Å². The summed E-state index contributed by atoms with van der Waals surface area (Å²) < 4.78 is 8.72. The molecule has 0 saturated heterocycles. The van der Waals surface area contributed by atoms with Gasteiger partial charge in [-0.05, 0) is 60.9 Å². The van der Waals surface area contributed by atoms with Crippen molar-refractivity contribution in [2.45, 2.75) is 12.5 Å². The molecule has 0 aliphatic rings. The van der Waals surface area contributed by atoms with Crippen molar-refractivity contribution < 1.29 is 9.53 Å². The third kappa shape index (κ3) is 4.41. The number of hydrogen-bond acceptors (Lipinski definition) is 6. The number of thioether (sulfide) groups is 1. The Morgan fingerprint density at radius 1 is 1.19 bits per heavy atom. The predicted molar refractivity (Wildman–Crippen MR) is 121 cm³/mol. The predicted octanol–water partition coefficient (Wildman–Crippen LogP) is 3.36. The van der Waals surface area contributed by atoms with E-state index in [0.717, 1.165) is 40.7 Å². The maximum Gasteiger partial charge on any atom is 0.270 e. The second-order valence-electron chi connectivity index (χ2n) is 7.06. The Bertz CT molecular complexity index is 1180. The van der Waals surface area contributed by atoms with Crippen LogP contribution in [0, 0.1) is 0 Å². The van der Waals surface area contributed by atoms with Crippen LogP contribution in [0.25, 0.3) is 16.9 Å². The Labute approximate surface area is 184 Å². The number of methoxy groups -OCH3 is 1. The molecule has 31 heavy (non-hydrogen) atoms. The highest BCUT2D eigenvalue weighted by molar-refractivity contribution is 7.98. The van der Waals surface area contributed by atoms with Crippen molar-refractivity contribution in [1.82, 2.24) is 29.7 Å². The minimum Gasteiger partial charge on any atom is -0.497 e. The van der Waals surface area contributed by atoms with Gasteiger partial charge in [0.05, 0.1) is 18.8 Å². The molecular weight excluding hydrogens is 412 g/mol. The number of ether oxygens (including phenoxy) is 1. The van der Waals surface area contributed by atoms with Gasteiger partial charge in [0.2, 0.25) is 0 Å². The van der Waals surface area contributed by atoms with Gasteiger partial charge in [-0.25, -0.2) is 0 Å². The fourth-order valence-electron chi connectivity index (χ4n) is 3.41. The molecule has 0 fully saturated rings. The average molecular weight is 437 g/mol. The third-order valence-corrected chi connectivity index (χ3v) is 5.71. The van der Waals surface area contributed by atoms with Gasteiger partial charge in [-0.1, -0.05) is 6.07 Å². The number of nitrogens with one attached hydrogen (secondary N) is 1. The van der Waals surface area contributed by atoms with Crippen LogP contribution in [-0.4, -0.2) is 49.4 Å². The molecule has 9 heteroatoms. The number of fused-ring (bicyclic) bond motifs is 1. The lowest BCUT2D eigenvalue weighted by Crippen LogP contribution is -2.31. The standard InChI is InChI=1S/C22H24N6O2S/c1-27-19(14-18(26-27)15-7-9-16(30-2)10-8-15)22(29)23-17(11-13-31-3)21-25-24-20-6-4-5-12-28(20)21/h4-10,12,14,17H,11,13H2,1-3H3,(H,23,29)/t17-/m1/s1. The topological polar surface area (TPSA) is 86.3 Å². The van der Waals surface area contributed by atoms with Crippen molar-refractivity contribution in [3.05, 3.63) is 66.2 Å². The van der Waals surface area contributed by atoms with Crippen molar-refractivity contribution in [1.29, 1.82) is 0 Å². The SMILES string of the molecule is COc1ccc(-c2cc(C(=O)N[C@H](CCSC)c3nnc4ccccn34)n(C)n2)cc1. The summed E-state index contributed by atoms with van der Waals surface area (Å²) in [7, 11) is 3.40. The third-order valence-electron chi connectivity index (χ3n) is 5.07. The van der Waals surface area contributed by atoms with Crippen LogP contribution in [0.4, 0.5) is 0 Å². The summed E-state index contributed by atoms with van der Waals surface area (Å²) in [5.41, 5.74) is 2.87. The van der Waals surface area contributed by atoms with Gasteiger partial charge in [-0.15, -0.1) is 10.2 Å². The number of pyridine rings is 1. The van der Waals surface area contributed by atoms with Gasteiger partial charge in [-0.3, -0.25) is 13.9 Å². The molecule has 4 rings (SSSR count). The minimum atomic E-state index is -0.267. The molecule has 0 aliphatic carbocycles. The van der Waals surface area contributed by atoms with Crippen molar-refractivity contribution in [2.24, 2.45) is 7.05 Å². The quantitative estimate of drug-likeness (QED) is 0.456. The molecule has 1 atom stereocenters. The minimum absolute atomic E-state index is 0.200. The van der Waals surface area contributed by atoms with Gasteiger partial charge in [-0.2, -0.15) is 16.9 Å². The molecule has 1 amide bonds. The van der Waals surface area contributed by atoms with Crippen molar-refractivity contribution in [2.75, 3.05) is 19.1 Å². The largest absolute Gasteiger partial charge is 0.497 e. The van der Waals surface area contributed by atoms with Crippen LogP contribution < -0.4 is 10.1 Å². The molecule has 0 radical (unpaired) electrons. The van der Waals surface area contributed by atoms with Gasteiger partial charge in [0.1, 0.15) is 11.4 Å². The van der Waals surface area contributed by atoms with Crippen LogP contribution in [0.15, 0.2) is 54.7 Å². The molecule has 1 aromatic carbocycles. The summed E-state index contributed by atoms with van der Waals surface area (Å²) in [6.07, 6.45) is 4.70.